The number of nitro benzene ring substituents is 1. The van der Waals surface area contributed by atoms with Crippen molar-refractivity contribution in [3.63, 3.8) is 0 Å². The van der Waals surface area contributed by atoms with E-state index in [1.807, 2.05) is 18.2 Å². The molecule has 0 saturated carbocycles. The van der Waals surface area contributed by atoms with Gasteiger partial charge in [-0.3, -0.25) is 19.9 Å². The molecule has 37 heavy (non-hydrogen) atoms. The molecule has 3 aromatic carbocycles. The van der Waals surface area contributed by atoms with Gasteiger partial charge in [0.2, 0.25) is 0 Å². The van der Waals surface area contributed by atoms with Crippen LogP contribution >= 0.6 is 0 Å². The number of nitro groups is 1. The first-order valence-corrected chi connectivity index (χ1v) is 13.1. The fourth-order valence-corrected chi connectivity index (χ4v) is 4.88. The molecule has 0 aliphatic rings. The van der Waals surface area contributed by atoms with Crippen molar-refractivity contribution in [2.75, 3.05) is 24.4 Å². The maximum Gasteiger partial charge on any atom is 0.270 e. The van der Waals surface area contributed by atoms with E-state index >= 15 is 0 Å². The van der Waals surface area contributed by atoms with Gasteiger partial charge in [0.15, 0.2) is 0 Å². The molecule has 4 N–H and O–H groups in total. The number of nitrogens with zero attached hydrogens (tertiary/aromatic N) is 2. The molecule has 0 aliphatic heterocycles. The standard InChI is InChI=1S/C25H27N5O6S/c1-2-23-22-10-9-20(15-24(22)28-27-23)36-12-11-26-16-25(31)17-5-3-6-18(13-17)29-37(34,35)21-8-4-7-19(14-21)30(32)33/h3-10,13-15,25-26,29,31H,2,11-12,16H2,1H3,(H,27,28). The highest BCUT2D eigenvalue weighted by atomic mass is 32.2. The average molecular weight is 526 g/mol. The van der Waals surface area contributed by atoms with Crippen LogP contribution in [0, 0.1) is 10.1 Å². The number of aromatic nitrogens is 2. The Labute approximate surface area is 213 Å². The number of anilines is 1. The van der Waals surface area contributed by atoms with Gasteiger partial charge in [0.1, 0.15) is 12.4 Å². The predicted octanol–water partition coefficient (Wildman–Crippen LogP) is 3.54. The van der Waals surface area contributed by atoms with Gasteiger partial charge in [0.25, 0.3) is 15.7 Å². The molecule has 0 spiro atoms. The molecule has 4 rings (SSSR count). The third-order valence-electron chi connectivity index (χ3n) is 5.71. The largest absolute Gasteiger partial charge is 0.492 e. The summed E-state index contributed by atoms with van der Waals surface area (Å²) in [6.07, 6.45) is -0.0228. The minimum Gasteiger partial charge on any atom is -0.492 e. The van der Waals surface area contributed by atoms with Crippen LogP contribution in [0.1, 0.15) is 24.3 Å². The molecule has 0 saturated heterocycles. The van der Waals surface area contributed by atoms with Gasteiger partial charge in [0, 0.05) is 48.1 Å². The number of aliphatic hydroxyl groups excluding tert-OH is 1. The van der Waals surface area contributed by atoms with E-state index in [2.05, 4.69) is 27.2 Å². The second-order valence-corrected chi connectivity index (χ2v) is 9.97. The maximum absolute atomic E-state index is 12.7. The van der Waals surface area contributed by atoms with Crippen LogP contribution in [-0.4, -0.2) is 48.3 Å². The monoisotopic (exact) mass is 525 g/mol. The van der Waals surface area contributed by atoms with Crippen LogP contribution in [-0.2, 0) is 16.4 Å². The smallest absolute Gasteiger partial charge is 0.270 e. The zero-order valence-electron chi connectivity index (χ0n) is 20.0. The number of nitrogens with one attached hydrogen (secondary N) is 3. The second kappa shape index (κ2) is 11.4. The molecule has 12 heteroatoms. The van der Waals surface area contributed by atoms with Crippen molar-refractivity contribution < 1.29 is 23.2 Å². The van der Waals surface area contributed by atoms with E-state index in [4.69, 9.17) is 4.74 Å². The van der Waals surface area contributed by atoms with Gasteiger partial charge >= 0.3 is 0 Å². The highest BCUT2D eigenvalue weighted by Crippen LogP contribution is 2.24. The first-order chi connectivity index (χ1) is 17.8. The van der Waals surface area contributed by atoms with Crippen molar-refractivity contribution in [1.82, 2.24) is 15.5 Å². The van der Waals surface area contributed by atoms with Crippen LogP contribution in [0.25, 0.3) is 10.9 Å². The molecular weight excluding hydrogens is 498 g/mol. The van der Waals surface area contributed by atoms with Crippen LogP contribution in [0.3, 0.4) is 0 Å². The molecule has 1 atom stereocenters. The van der Waals surface area contributed by atoms with Crippen molar-refractivity contribution >= 4 is 32.3 Å². The fourth-order valence-electron chi connectivity index (χ4n) is 3.79. The van der Waals surface area contributed by atoms with Gasteiger partial charge < -0.3 is 15.2 Å². The molecular formula is C25H27N5O6S. The number of ether oxygens (including phenoxy) is 1. The van der Waals surface area contributed by atoms with Crippen LogP contribution < -0.4 is 14.8 Å². The van der Waals surface area contributed by atoms with E-state index in [9.17, 15) is 23.6 Å². The van der Waals surface area contributed by atoms with Crippen molar-refractivity contribution in [2.45, 2.75) is 24.3 Å². The molecule has 0 radical (unpaired) electrons. The number of aryl methyl sites for hydroxylation is 1. The number of hydrogen-bond acceptors (Lipinski definition) is 8. The van der Waals surface area contributed by atoms with Gasteiger partial charge in [0.05, 0.1) is 21.4 Å². The van der Waals surface area contributed by atoms with Gasteiger partial charge in [-0.1, -0.05) is 25.1 Å². The van der Waals surface area contributed by atoms with E-state index in [-0.39, 0.29) is 22.8 Å². The van der Waals surface area contributed by atoms with E-state index in [0.717, 1.165) is 29.1 Å². The first-order valence-electron chi connectivity index (χ1n) is 11.6. The number of non-ortho nitro benzene ring substituents is 1. The van der Waals surface area contributed by atoms with Gasteiger partial charge in [-0.15, -0.1) is 0 Å². The zero-order chi connectivity index (χ0) is 26.4. The Morgan fingerprint density at radius 2 is 1.95 bits per heavy atom. The van der Waals surface area contributed by atoms with Crippen molar-refractivity contribution in [3.8, 4) is 5.75 Å². The molecule has 11 nitrogen and oxygen atoms in total. The minimum atomic E-state index is -4.05. The second-order valence-electron chi connectivity index (χ2n) is 8.29. The lowest BCUT2D eigenvalue weighted by atomic mass is 10.1. The quantitative estimate of drug-likeness (QED) is 0.124. The highest BCUT2D eigenvalue weighted by molar-refractivity contribution is 7.92. The Morgan fingerprint density at radius 3 is 2.73 bits per heavy atom. The lowest BCUT2D eigenvalue weighted by Crippen LogP contribution is -2.26. The zero-order valence-corrected chi connectivity index (χ0v) is 20.9. The third kappa shape index (κ3) is 6.42. The Morgan fingerprint density at radius 1 is 1.14 bits per heavy atom. The summed E-state index contributed by atoms with van der Waals surface area (Å²) in [5, 5.41) is 33.0. The summed E-state index contributed by atoms with van der Waals surface area (Å²) in [6, 6.07) is 16.9. The van der Waals surface area contributed by atoms with Crippen LogP contribution in [0.15, 0.2) is 71.6 Å². The summed E-state index contributed by atoms with van der Waals surface area (Å²) in [4.78, 5) is 10.1. The predicted molar refractivity (Wildman–Crippen MR) is 139 cm³/mol. The Balaban J connectivity index is 1.29. The molecule has 0 fully saturated rings. The molecule has 1 unspecified atom stereocenters. The summed E-state index contributed by atoms with van der Waals surface area (Å²) >= 11 is 0. The number of aromatic amines is 1. The lowest BCUT2D eigenvalue weighted by Gasteiger charge is -2.15. The van der Waals surface area contributed by atoms with E-state index < -0.39 is 21.1 Å². The number of benzene rings is 3. The summed E-state index contributed by atoms with van der Waals surface area (Å²) in [5.41, 5.74) is 2.33. The lowest BCUT2D eigenvalue weighted by molar-refractivity contribution is -0.385. The molecule has 4 aromatic rings. The number of H-pyrrole nitrogens is 1. The van der Waals surface area contributed by atoms with Crippen molar-refractivity contribution in [1.29, 1.82) is 0 Å². The first kappa shape index (κ1) is 26.1. The molecule has 0 aliphatic carbocycles. The van der Waals surface area contributed by atoms with Crippen LogP contribution in [0.2, 0.25) is 0 Å². The van der Waals surface area contributed by atoms with Gasteiger partial charge in [-0.2, -0.15) is 5.10 Å². The van der Waals surface area contributed by atoms with Crippen molar-refractivity contribution in [2.24, 2.45) is 0 Å². The Hall–Kier alpha value is -4.00. The number of hydrogen-bond donors (Lipinski definition) is 4. The normalized spacial score (nSPS) is 12.4. The Bertz CT molecular complexity index is 1500. The Kier molecular flexibility index (Phi) is 8.01. The summed E-state index contributed by atoms with van der Waals surface area (Å²) in [5.74, 6) is 0.702. The fraction of sp³-hybridized carbons (Fsp3) is 0.240. The molecule has 1 aromatic heterocycles. The maximum atomic E-state index is 12.7. The van der Waals surface area contributed by atoms with Crippen LogP contribution in [0.4, 0.5) is 11.4 Å². The summed E-state index contributed by atoms with van der Waals surface area (Å²) in [7, 11) is -4.05. The topological polar surface area (TPSA) is 159 Å². The third-order valence-corrected chi connectivity index (χ3v) is 7.09. The summed E-state index contributed by atoms with van der Waals surface area (Å²) in [6.45, 7) is 3.15. The molecule has 1 heterocycles. The van der Waals surface area contributed by atoms with E-state index in [1.54, 1.807) is 12.1 Å². The molecule has 194 valence electrons. The minimum absolute atomic E-state index is 0.225. The average Bonchev–Trinajstić information content (AvgIpc) is 3.30. The van der Waals surface area contributed by atoms with Gasteiger partial charge in [-0.25, -0.2) is 8.42 Å². The number of aliphatic hydroxyl groups is 1. The van der Waals surface area contributed by atoms with Gasteiger partial charge in [-0.05, 0) is 42.3 Å². The number of rotatable bonds is 12. The SMILES string of the molecule is CCc1[nH]nc2cc(OCCNCC(O)c3cccc(NS(=O)(=O)c4cccc([N+](=O)[O-])c4)c3)ccc12. The summed E-state index contributed by atoms with van der Waals surface area (Å²) < 4.78 is 33.5. The molecule has 0 bridgehead atoms. The van der Waals surface area contributed by atoms with Crippen molar-refractivity contribution in [3.05, 3.63) is 88.1 Å². The van der Waals surface area contributed by atoms with E-state index in [1.165, 1.54) is 30.3 Å². The van der Waals surface area contributed by atoms with Crippen LogP contribution in [0.5, 0.6) is 5.75 Å². The number of sulfonamides is 1. The molecule has 0 amide bonds. The van der Waals surface area contributed by atoms with E-state index in [0.29, 0.717) is 24.5 Å². The highest BCUT2D eigenvalue weighted by Gasteiger charge is 2.18. The number of fused-ring (bicyclic) bond motifs is 1.